The number of piperazine rings is 1. The summed E-state index contributed by atoms with van der Waals surface area (Å²) in [5, 5.41) is 11.3. The highest BCUT2D eigenvalue weighted by Crippen LogP contribution is 2.36. The minimum atomic E-state index is -4.65. The summed E-state index contributed by atoms with van der Waals surface area (Å²) in [4.78, 5) is 16.6. The fourth-order valence-corrected chi connectivity index (χ4v) is 3.73. The first-order valence-electron chi connectivity index (χ1n) is 9.95. The molecule has 2 aromatic carbocycles. The summed E-state index contributed by atoms with van der Waals surface area (Å²) < 4.78 is 39.1. The predicted octanol–water partition coefficient (Wildman–Crippen LogP) is 5.14. The molecule has 1 N–H and O–H groups in total. The van der Waals surface area contributed by atoms with Gasteiger partial charge < -0.3 is 15.1 Å². The lowest BCUT2D eigenvalue weighted by Gasteiger charge is -2.36. The van der Waals surface area contributed by atoms with Crippen molar-refractivity contribution < 1.29 is 18.0 Å². The standard InChI is InChI=1S/C23H22ClF3N4O/c1-15-4-3-5-21(16(15)2)31-10-8-30(9-11-31)14-17(13-28)22(32)29-18-6-7-20(24)19(12-18)23(25,26)27/h3-7,12,14H,8-11H2,1-2H3,(H,29,32)/b17-14-. The highest BCUT2D eigenvalue weighted by Gasteiger charge is 2.33. The van der Waals surface area contributed by atoms with Gasteiger partial charge in [-0.2, -0.15) is 18.4 Å². The number of nitrogens with one attached hydrogen (secondary N) is 1. The largest absolute Gasteiger partial charge is 0.417 e. The average Bonchev–Trinajstić information content (AvgIpc) is 2.75. The van der Waals surface area contributed by atoms with E-state index in [0.717, 1.165) is 17.8 Å². The summed E-state index contributed by atoms with van der Waals surface area (Å²) in [6.07, 6.45) is -3.20. The number of hydrogen-bond acceptors (Lipinski definition) is 4. The maximum atomic E-state index is 13.0. The number of anilines is 2. The SMILES string of the molecule is Cc1cccc(N2CCN(/C=C(/C#N)C(=O)Nc3ccc(Cl)c(C(F)(F)F)c3)CC2)c1C. The van der Waals surface area contributed by atoms with E-state index in [1.807, 2.05) is 17.0 Å². The number of hydrogen-bond donors (Lipinski definition) is 1. The zero-order chi connectivity index (χ0) is 23.5. The van der Waals surface area contributed by atoms with E-state index in [9.17, 15) is 23.2 Å². The molecule has 1 saturated heterocycles. The molecule has 3 rings (SSSR count). The van der Waals surface area contributed by atoms with Gasteiger partial charge in [0.1, 0.15) is 11.6 Å². The van der Waals surface area contributed by atoms with Crippen LogP contribution < -0.4 is 10.2 Å². The third kappa shape index (κ3) is 5.35. The minimum absolute atomic E-state index is 0.0902. The Labute approximate surface area is 189 Å². The molecule has 1 amide bonds. The summed E-state index contributed by atoms with van der Waals surface area (Å²) in [5.41, 5.74) is 2.26. The second-order valence-electron chi connectivity index (χ2n) is 7.54. The summed E-state index contributed by atoms with van der Waals surface area (Å²) in [5.74, 6) is -0.778. The molecule has 1 aliphatic heterocycles. The van der Waals surface area contributed by atoms with E-state index >= 15 is 0 Å². The van der Waals surface area contributed by atoms with E-state index in [4.69, 9.17) is 11.6 Å². The number of rotatable bonds is 4. The molecule has 0 atom stereocenters. The van der Waals surface area contributed by atoms with Crippen molar-refractivity contribution in [1.29, 1.82) is 5.26 Å². The monoisotopic (exact) mass is 462 g/mol. The maximum absolute atomic E-state index is 13.0. The van der Waals surface area contributed by atoms with Crippen LogP contribution in [0, 0.1) is 25.2 Å². The van der Waals surface area contributed by atoms with Crippen LogP contribution in [0.4, 0.5) is 24.5 Å². The minimum Gasteiger partial charge on any atom is -0.373 e. The van der Waals surface area contributed by atoms with Crippen LogP contribution in [0.1, 0.15) is 16.7 Å². The fraction of sp³-hybridized carbons (Fsp3) is 0.304. The highest BCUT2D eigenvalue weighted by atomic mass is 35.5. The molecule has 0 unspecified atom stereocenters. The van der Waals surface area contributed by atoms with Crippen molar-refractivity contribution in [1.82, 2.24) is 4.90 Å². The Kier molecular flexibility index (Phi) is 6.99. The summed E-state index contributed by atoms with van der Waals surface area (Å²) in [7, 11) is 0. The van der Waals surface area contributed by atoms with Crippen LogP contribution >= 0.6 is 11.6 Å². The predicted molar refractivity (Wildman–Crippen MR) is 118 cm³/mol. The van der Waals surface area contributed by atoms with Crippen molar-refractivity contribution in [3.63, 3.8) is 0 Å². The molecule has 1 aliphatic rings. The van der Waals surface area contributed by atoms with Gasteiger partial charge in [-0.05, 0) is 49.2 Å². The molecule has 0 radical (unpaired) electrons. The summed E-state index contributed by atoms with van der Waals surface area (Å²) in [6, 6.07) is 11.0. The number of benzene rings is 2. The Bertz CT molecular complexity index is 1080. The van der Waals surface area contributed by atoms with E-state index in [2.05, 4.69) is 36.2 Å². The normalized spacial score (nSPS) is 14.8. The van der Waals surface area contributed by atoms with Crippen LogP contribution in [0.25, 0.3) is 0 Å². The number of nitrogens with zero attached hydrogens (tertiary/aromatic N) is 3. The lowest BCUT2D eigenvalue weighted by molar-refractivity contribution is -0.137. The number of nitriles is 1. The van der Waals surface area contributed by atoms with E-state index in [0.29, 0.717) is 26.2 Å². The van der Waals surface area contributed by atoms with Gasteiger partial charge in [0.05, 0.1) is 10.6 Å². The van der Waals surface area contributed by atoms with Gasteiger partial charge in [-0.1, -0.05) is 23.7 Å². The number of aryl methyl sites for hydroxylation is 1. The lowest BCUT2D eigenvalue weighted by atomic mass is 10.1. The molecule has 9 heteroatoms. The third-order valence-electron chi connectivity index (χ3n) is 5.44. The molecule has 1 fully saturated rings. The molecule has 5 nitrogen and oxygen atoms in total. The van der Waals surface area contributed by atoms with Crippen molar-refractivity contribution in [3.8, 4) is 6.07 Å². The molecule has 168 valence electrons. The van der Waals surface area contributed by atoms with Gasteiger partial charge in [-0.15, -0.1) is 0 Å². The zero-order valence-corrected chi connectivity index (χ0v) is 18.4. The Hall–Kier alpha value is -3.18. The second-order valence-corrected chi connectivity index (χ2v) is 7.95. The first-order valence-corrected chi connectivity index (χ1v) is 10.3. The van der Waals surface area contributed by atoms with Crippen LogP contribution in [-0.4, -0.2) is 37.0 Å². The van der Waals surface area contributed by atoms with Gasteiger partial charge in [0.25, 0.3) is 5.91 Å². The number of carbonyl (C=O) groups is 1. The van der Waals surface area contributed by atoms with Gasteiger partial charge in [-0.25, -0.2) is 0 Å². The molecule has 2 aromatic rings. The van der Waals surface area contributed by atoms with E-state index in [1.165, 1.54) is 23.4 Å². The van der Waals surface area contributed by atoms with Crippen molar-refractivity contribution >= 4 is 28.9 Å². The Morgan fingerprint density at radius 2 is 1.84 bits per heavy atom. The van der Waals surface area contributed by atoms with E-state index in [-0.39, 0.29) is 11.3 Å². The van der Waals surface area contributed by atoms with Crippen LogP contribution in [0.15, 0.2) is 48.2 Å². The average molecular weight is 463 g/mol. The van der Waals surface area contributed by atoms with Gasteiger partial charge in [-0.3, -0.25) is 4.79 Å². The summed E-state index contributed by atoms with van der Waals surface area (Å²) in [6.45, 7) is 6.78. The van der Waals surface area contributed by atoms with Gasteiger partial charge in [0.15, 0.2) is 0 Å². The van der Waals surface area contributed by atoms with Crippen molar-refractivity contribution in [2.75, 3.05) is 36.4 Å². The molecule has 0 aliphatic carbocycles. The number of carbonyl (C=O) groups excluding carboxylic acids is 1. The first kappa shape index (κ1) is 23.5. The molecule has 0 saturated carbocycles. The van der Waals surface area contributed by atoms with Crippen molar-refractivity contribution in [2.45, 2.75) is 20.0 Å². The lowest BCUT2D eigenvalue weighted by Crippen LogP contribution is -2.44. The molecule has 0 spiro atoms. The molecule has 32 heavy (non-hydrogen) atoms. The van der Waals surface area contributed by atoms with Gasteiger partial charge >= 0.3 is 6.18 Å². The van der Waals surface area contributed by atoms with Gasteiger partial charge in [0.2, 0.25) is 0 Å². The molecular weight excluding hydrogens is 441 g/mol. The molecular formula is C23H22ClF3N4O. The number of amides is 1. The van der Waals surface area contributed by atoms with Crippen LogP contribution in [0.3, 0.4) is 0 Å². The second kappa shape index (κ2) is 9.53. The summed E-state index contributed by atoms with van der Waals surface area (Å²) >= 11 is 5.60. The topological polar surface area (TPSA) is 59.4 Å². The molecule has 0 aromatic heterocycles. The first-order chi connectivity index (χ1) is 15.1. The molecule has 0 bridgehead atoms. The van der Waals surface area contributed by atoms with Crippen molar-refractivity contribution in [2.24, 2.45) is 0 Å². The van der Waals surface area contributed by atoms with Crippen LogP contribution in [0.2, 0.25) is 5.02 Å². The van der Waals surface area contributed by atoms with Crippen LogP contribution in [-0.2, 0) is 11.0 Å². The van der Waals surface area contributed by atoms with Crippen LogP contribution in [0.5, 0.6) is 0 Å². The Balaban J connectivity index is 1.67. The smallest absolute Gasteiger partial charge is 0.373 e. The van der Waals surface area contributed by atoms with E-state index < -0.39 is 22.7 Å². The van der Waals surface area contributed by atoms with E-state index in [1.54, 1.807) is 0 Å². The number of alkyl halides is 3. The number of halogens is 4. The highest BCUT2D eigenvalue weighted by molar-refractivity contribution is 6.31. The Morgan fingerprint density at radius 1 is 1.16 bits per heavy atom. The van der Waals surface area contributed by atoms with Gasteiger partial charge in [0, 0.05) is 43.8 Å². The quantitative estimate of drug-likeness (QED) is 0.504. The maximum Gasteiger partial charge on any atom is 0.417 e. The third-order valence-corrected chi connectivity index (χ3v) is 5.77. The fourth-order valence-electron chi connectivity index (χ4n) is 3.51. The Morgan fingerprint density at radius 3 is 2.47 bits per heavy atom. The zero-order valence-electron chi connectivity index (χ0n) is 17.6. The van der Waals surface area contributed by atoms with Crippen molar-refractivity contribution in [3.05, 3.63) is 69.9 Å². The molecule has 1 heterocycles.